The average Bonchev–Trinajstić information content (AvgIpc) is 3.24. The average molecular weight is 502 g/mol. The van der Waals surface area contributed by atoms with Crippen molar-refractivity contribution in [3.8, 4) is 0 Å². The molecule has 0 radical (unpaired) electrons. The van der Waals surface area contributed by atoms with Crippen molar-refractivity contribution in [1.82, 2.24) is 9.55 Å². The number of thiophene rings is 1. The zero-order valence-electron chi connectivity index (χ0n) is 18.6. The van der Waals surface area contributed by atoms with Crippen LogP contribution in [0.5, 0.6) is 0 Å². The molecular formula is C26H19N3O4S2. The van der Waals surface area contributed by atoms with Gasteiger partial charge < -0.3 is 0 Å². The summed E-state index contributed by atoms with van der Waals surface area (Å²) >= 11 is 2.47. The minimum atomic E-state index is -0.463. The van der Waals surface area contributed by atoms with Gasteiger partial charge in [0.2, 0.25) is 0 Å². The van der Waals surface area contributed by atoms with Gasteiger partial charge in [-0.05, 0) is 18.6 Å². The fourth-order valence-electron chi connectivity index (χ4n) is 3.77. The predicted molar refractivity (Wildman–Crippen MR) is 140 cm³/mol. The van der Waals surface area contributed by atoms with Crippen molar-refractivity contribution in [2.24, 2.45) is 0 Å². The highest BCUT2D eigenvalue weighted by atomic mass is 32.2. The number of thioether (sulfide) groups is 1. The number of nitro groups is 1. The first-order valence-corrected chi connectivity index (χ1v) is 12.6. The van der Waals surface area contributed by atoms with Crippen LogP contribution >= 0.6 is 23.1 Å². The van der Waals surface area contributed by atoms with Crippen LogP contribution in [0.4, 0.5) is 5.69 Å². The number of rotatable bonds is 7. The van der Waals surface area contributed by atoms with E-state index in [1.807, 2.05) is 37.3 Å². The van der Waals surface area contributed by atoms with E-state index in [1.165, 1.54) is 35.2 Å². The molecule has 0 N–H and O–H groups in total. The third kappa shape index (κ3) is 4.60. The molecule has 9 heteroatoms. The van der Waals surface area contributed by atoms with Crippen LogP contribution in [0.25, 0.3) is 20.3 Å². The summed E-state index contributed by atoms with van der Waals surface area (Å²) in [5.74, 6) is 0.0376. The number of fused-ring (bicyclic) bond motifs is 3. The molecule has 0 aliphatic carbocycles. The van der Waals surface area contributed by atoms with Crippen molar-refractivity contribution in [2.45, 2.75) is 18.6 Å². The molecule has 0 fully saturated rings. The van der Waals surface area contributed by atoms with Gasteiger partial charge in [0.15, 0.2) is 10.9 Å². The summed E-state index contributed by atoms with van der Waals surface area (Å²) in [4.78, 5) is 42.0. The van der Waals surface area contributed by atoms with Crippen molar-refractivity contribution in [1.29, 1.82) is 0 Å². The molecule has 0 aliphatic rings. The summed E-state index contributed by atoms with van der Waals surface area (Å²) in [6.07, 6.45) is 0. The molecule has 0 atom stereocenters. The molecule has 7 nitrogen and oxygen atoms in total. The van der Waals surface area contributed by atoms with E-state index in [4.69, 9.17) is 4.98 Å². The van der Waals surface area contributed by atoms with Crippen LogP contribution < -0.4 is 5.56 Å². The van der Waals surface area contributed by atoms with Crippen LogP contribution in [0.1, 0.15) is 21.5 Å². The van der Waals surface area contributed by atoms with Gasteiger partial charge in [-0.1, -0.05) is 71.9 Å². The number of aromatic nitrogens is 2. The van der Waals surface area contributed by atoms with Crippen LogP contribution in [0.2, 0.25) is 0 Å². The van der Waals surface area contributed by atoms with Crippen LogP contribution in [0, 0.1) is 17.0 Å². The molecule has 0 amide bonds. The van der Waals surface area contributed by atoms with E-state index >= 15 is 0 Å². The maximum Gasteiger partial charge on any atom is 0.272 e. The fraction of sp³-hybridized carbons (Fsp3) is 0.115. The van der Waals surface area contributed by atoms with Crippen LogP contribution in [0.3, 0.4) is 0 Å². The molecule has 2 heterocycles. The smallest absolute Gasteiger partial charge is 0.272 e. The Balaban J connectivity index is 1.62. The second-order valence-electron chi connectivity index (χ2n) is 8.07. The van der Waals surface area contributed by atoms with Gasteiger partial charge in [-0.15, -0.1) is 11.3 Å². The molecule has 0 bridgehead atoms. The van der Waals surface area contributed by atoms with Crippen LogP contribution in [-0.2, 0) is 6.54 Å². The Morgan fingerprint density at radius 1 is 1.09 bits per heavy atom. The topological polar surface area (TPSA) is 95.1 Å². The second kappa shape index (κ2) is 9.44. The number of hydrogen-bond acceptors (Lipinski definition) is 7. The molecule has 0 saturated heterocycles. The van der Waals surface area contributed by atoms with Gasteiger partial charge in [0.25, 0.3) is 11.2 Å². The molecule has 3 aromatic carbocycles. The number of carbonyl (C=O) groups is 1. The SMILES string of the molecule is Cc1ccc(Cn2c(SCC(=O)c3ccccc3)nc3c(sc4ccc([N+](=O)[O-])cc43)c2=O)cc1. The number of hydrogen-bond donors (Lipinski definition) is 0. The molecule has 5 aromatic rings. The Kier molecular flexibility index (Phi) is 6.19. The van der Waals surface area contributed by atoms with E-state index in [2.05, 4.69) is 0 Å². The molecule has 0 unspecified atom stereocenters. The summed E-state index contributed by atoms with van der Waals surface area (Å²) in [6.45, 7) is 2.30. The highest BCUT2D eigenvalue weighted by Gasteiger charge is 2.19. The fourth-order valence-corrected chi connectivity index (χ4v) is 5.73. The number of carbonyl (C=O) groups excluding carboxylic acids is 1. The lowest BCUT2D eigenvalue weighted by molar-refractivity contribution is -0.384. The first-order chi connectivity index (χ1) is 16.9. The van der Waals surface area contributed by atoms with E-state index < -0.39 is 4.92 Å². The molecule has 174 valence electrons. The molecule has 0 spiro atoms. The third-order valence-corrected chi connectivity index (χ3v) is 7.75. The Morgan fingerprint density at radius 2 is 1.83 bits per heavy atom. The first kappa shape index (κ1) is 22.9. The maximum atomic E-state index is 13.6. The summed E-state index contributed by atoms with van der Waals surface area (Å²) in [5.41, 5.74) is 2.78. The lowest BCUT2D eigenvalue weighted by atomic mass is 10.1. The Hall–Kier alpha value is -3.82. The number of nitro benzene ring substituents is 1. The second-order valence-corrected chi connectivity index (χ2v) is 10.1. The number of benzene rings is 3. The van der Waals surface area contributed by atoms with Crippen LogP contribution in [0.15, 0.2) is 82.7 Å². The molecular weight excluding hydrogens is 482 g/mol. The lowest BCUT2D eigenvalue weighted by Gasteiger charge is -2.12. The van der Waals surface area contributed by atoms with Gasteiger partial charge in [-0.2, -0.15) is 0 Å². The number of nitrogens with zero attached hydrogens (tertiary/aromatic N) is 3. The molecule has 35 heavy (non-hydrogen) atoms. The van der Waals surface area contributed by atoms with Gasteiger partial charge in [0.05, 0.1) is 22.7 Å². The van der Waals surface area contributed by atoms with Gasteiger partial charge in [-0.3, -0.25) is 24.3 Å². The first-order valence-electron chi connectivity index (χ1n) is 10.8. The third-order valence-electron chi connectivity index (χ3n) is 5.62. The summed E-state index contributed by atoms with van der Waals surface area (Å²) in [6, 6.07) is 21.4. The van der Waals surface area contributed by atoms with Gasteiger partial charge >= 0.3 is 0 Å². The van der Waals surface area contributed by atoms with Gasteiger partial charge in [0, 0.05) is 27.8 Å². The Morgan fingerprint density at radius 3 is 2.54 bits per heavy atom. The molecule has 0 aliphatic heterocycles. The van der Waals surface area contributed by atoms with Crippen molar-refractivity contribution < 1.29 is 9.72 Å². The molecule has 0 saturated carbocycles. The molecule has 2 aromatic heterocycles. The van der Waals surface area contributed by atoms with E-state index in [-0.39, 0.29) is 22.8 Å². The van der Waals surface area contributed by atoms with E-state index in [1.54, 1.807) is 34.9 Å². The van der Waals surface area contributed by atoms with Gasteiger partial charge in [-0.25, -0.2) is 4.98 Å². The largest absolute Gasteiger partial charge is 0.293 e. The summed E-state index contributed by atoms with van der Waals surface area (Å²) in [5, 5.41) is 12.3. The zero-order valence-corrected chi connectivity index (χ0v) is 20.3. The van der Waals surface area contributed by atoms with Crippen molar-refractivity contribution in [3.05, 3.63) is 110 Å². The van der Waals surface area contributed by atoms with Crippen molar-refractivity contribution >= 4 is 54.9 Å². The monoisotopic (exact) mass is 501 g/mol. The predicted octanol–water partition coefficient (Wildman–Crippen LogP) is 5.85. The van der Waals surface area contributed by atoms with E-state index in [9.17, 15) is 19.7 Å². The standard InChI is InChI=1S/C26H19N3O4S2/c1-16-7-9-17(10-8-16)14-28-25(31)24-23(20-13-19(29(32)33)11-12-22(20)35-24)27-26(28)34-15-21(30)18-5-3-2-4-6-18/h2-13H,14-15H2,1H3. The van der Waals surface area contributed by atoms with E-state index in [0.717, 1.165) is 15.8 Å². The number of non-ortho nitro benzene ring substituents is 1. The molecule has 5 rings (SSSR count). The quantitative estimate of drug-likeness (QED) is 0.0913. The highest BCUT2D eigenvalue weighted by Crippen LogP contribution is 2.34. The maximum absolute atomic E-state index is 13.6. The van der Waals surface area contributed by atoms with Gasteiger partial charge in [0.1, 0.15) is 4.70 Å². The summed E-state index contributed by atoms with van der Waals surface area (Å²) in [7, 11) is 0. The zero-order chi connectivity index (χ0) is 24.5. The number of ketones is 1. The summed E-state index contributed by atoms with van der Waals surface area (Å²) < 4.78 is 2.77. The lowest BCUT2D eigenvalue weighted by Crippen LogP contribution is -2.23. The van der Waals surface area contributed by atoms with Crippen LogP contribution in [-0.4, -0.2) is 26.0 Å². The van der Waals surface area contributed by atoms with E-state index in [0.29, 0.717) is 32.9 Å². The Labute approximate surface area is 208 Å². The van der Waals surface area contributed by atoms with Crippen molar-refractivity contribution in [3.63, 3.8) is 0 Å². The minimum Gasteiger partial charge on any atom is -0.293 e. The highest BCUT2D eigenvalue weighted by molar-refractivity contribution is 7.99. The normalized spacial score (nSPS) is 11.2. The number of aryl methyl sites for hydroxylation is 1. The van der Waals surface area contributed by atoms with Crippen molar-refractivity contribution in [2.75, 3.05) is 5.75 Å². The number of Topliss-reactive ketones (excluding diaryl/α,β-unsaturated/α-hetero) is 1. The Bertz CT molecular complexity index is 1640. The minimum absolute atomic E-state index is 0.0590.